The molecule has 3 rings (SSSR count). The number of aromatic amines is 1. The molecule has 3 heterocycles. The molecule has 0 aliphatic carbocycles. The van der Waals surface area contributed by atoms with Crippen LogP contribution >= 0.6 is 45.2 Å². The molecule has 1 aliphatic heterocycles. The average molecular weight is 585 g/mol. The van der Waals surface area contributed by atoms with Gasteiger partial charge in [0.25, 0.3) is 5.56 Å². The summed E-state index contributed by atoms with van der Waals surface area (Å²) in [6.45, 7) is 3.74. The Labute approximate surface area is 176 Å². The van der Waals surface area contributed by atoms with E-state index in [4.69, 9.17) is 9.25 Å². The number of alkyl halides is 1. The molecule has 0 unspecified atom stereocenters. The summed E-state index contributed by atoms with van der Waals surface area (Å²) in [6.07, 6.45) is 1.04. The summed E-state index contributed by atoms with van der Waals surface area (Å²) in [5, 5.41) is 4.37. The van der Waals surface area contributed by atoms with Gasteiger partial charge in [0, 0.05) is 29.3 Å². The third-order valence-corrected chi connectivity index (χ3v) is 5.52. The molecule has 1 N–H and O–H groups in total. The molecule has 0 saturated carbocycles. The van der Waals surface area contributed by atoms with Crippen LogP contribution in [0.2, 0.25) is 0 Å². The quantitative estimate of drug-likeness (QED) is 0.190. The molecule has 1 saturated heterocycles. The highest BCUT2D eigenvalue weighted by Gasteiger charge is 2.17. The van der Waals surface area contributed by atoms with Crippen LogP contribution in [0.15, 0.2) is 25.2 Å². The molecule has 11 heteroatoms. The average Bonchev–Trinajstić information content (AvgIpc) is 2.79. The summed E-state index contributed by atoms with van der Waals surface area (Å²) in [5.74, 6) is 0.771. The Kier molecular flexibility index (Phi) is 6.50. The van der Waals surface area contributed by atoms with Gasteiger partial charge in [0.05, 0.1) is 4.43 Å². The number of amidine groups is 1. The van der Waals surface area contributed by atoms with Crippen molar-refractivity contribution in [1.29, 1.82) is 0 Å². The molecule has 2 aromatic rings. The highest BCUT2D eigenvalue weighted by atomic mass is 127. The number of nitrogens with one attached hydrogen (secondary N) is 1. The lowest BCUT2D eigenvalue weighted by molar-refractivity contribution is 0.294. The van der Waals surface area contributed by atoms with E-state index in [1.807, 2.05) is 22.6 Å². The summed E-state index contributed by atoms with van der Waals surface area (Å²) in [5.41, 5.74) is -1.08. The molecule has 0 radical (unpaired) electrons. The summed E-state index contributed by atoms with van der Waals surface area (Å²) in [4.78, 5) is 40.1. The van der Waals surface area contributed by atoms with E-state index >= 15 is 0 Å². The molecule has 140 valence electrons. The number of H-pyrrole nitrogens is 1. The Bertz CT molecular complexity index is 942. The highest BCUT2D eigenvalue weighted by Crippen LogP contribution is 2.15. The number of rotatable bonds is 3. The number of hydrogen-bond acceptors (Lipinski definition) is 7. The third-order valence-electron chi connectivity index (χ3n) is 3.99. The molecule has 1 fully saturated rings. The maximum Gasteiger partial charge on any atom is 0.338 e. The normalized spacial score (nSPS) is 16.7. The van der Waals surface area contributed by atoms with Gasteiger partial charge in [-0.1, -0.05) is 27.7 Å². The minimum atomic E-state index is -0.573. The van der Waals surface area contributed by atoms with E-state index in [1.54, 1.807) is 0 Å². The van der Waals surface area contributed by atoms with Gasteiger partial charge in [-0.25, -0.2) is 4.79 Å². The van der Waals surface area contributed by atoms with Crippen molar-refractivity contribution in [1.82, 2.24) is 19.8 Å². The first-order valence-corrected chi connectivity index (χ1v) is 10.6. The van der Waals surface area contributed by atoms with Gasteiger partial charge in [-0.3, -0.25) is 9.78 Å². The molecule has 0 spiro atoms. The SMILES string of the molecule is CN1CCCN(/C(CI)=N/Oc2nc3oc(=O)cc(I)c3c(=O)[nH]2)CC1. The summed E-state index contributed by atoms with van der Waals surface area (Å²) < 4.78 is 6.13. The van der Waals surface area contributed by atoms with E-state index in [-0.39, 0.29) is 17.1 Å². The molecule has 0 aromatic carbocycles. The van der Waals surface area contributed by atoms with E-state index < -0.39 is 11.2 Å². The zero-order valence-corrected chi connectivity index (χ0v) is 18.3. The predicted octanol–water partition coefficient (Wildman–Crippen LogP) is 1.25. The van der Waals surface area contributed by atoms with Crippen molar-refractivity contribution in [2.24, 2.45) is 5.16 Å². The second kappa shape index (κ2) is 8.65. The van der Waals surface area contributed by atoms with Crippen LogP contribution in [0.1, 0.15) is 6.42 Å². The molecule has 9 nitrogen and oxygen atoms in total. The van der Waals surface area contributed by atoms with Gasteiger partial charge < -0.3 is 19.1 Å². The van der Waals surface area contributed by atoms with Crippen LogP contribution in [0.3, 0.4) is 0 Å². The van der Waals surface area contributed by atoms with E-state index in [1.165, 1.54) is 6.07 Å². The van der Waals surface area contributed by atoms with Crippen molar-refractivity contribution in [2.75, 3.05) is 37.7 Å². The Hall–Kier alpha value is -1.22. The standard InChI is InChI=1S/C15H17I2N5O4/c1-21-3-2-4-22(6-5-21)10(8-16)20-26-15-18-13(24)12-9(17)7-11(23)25-14(12)19-15/h7H,2-6,8H2,1H3,(H,18,19,24)/b20-10+. The van der Waals surface area contributed by atoms with Crippen molar-refractivity contribution < 1.29 is 9.25 Å². The van der Waals surface area contributed by atoms with Crippen molar-refractivity contribution in [3.05, 3.63) is 30.4 Å². The molecule has 0 bridgehead atoms. The number of hydrogen-bond donors (Lipinski definition) is 1. The molecule has 0 atom stereocenters. The smallest absolute Gasteiger partial charge is 0.338 e. The van der Waals surface area contributed by atoms with Crippen LogP contribution in [-0.2, 0) is 0 Å². The van der Waals surface area contributed by atoms with Gasteiger partial charge in [-0.05, 0) is 42.6 Å². The van der Waals surface area contributed by atoms with Gasteiger partial charge in [0.1, 0.15) is 5.39 Å². The van der Waals surface area contributed by atoms with Crippen LogP contribution in [0.4, 0.5) is 0 Å². The van der Waals surface area contributed by atoms with Gasteiger partial charge in [0.2, 0.25) is 5.71 Å². The molecule has 26 heavy (non-hydrogen) atoms. The Balaban J connectivity index is 1.86. The van der Waals surface area contributed by atoms with Crippen molar-refractivity contribution in [3.8, 4) is 6.01 Å². The van der Waals surface area contributed by atoms with Gasteiger partial charge in [-0.15, -0.1) is 0 Å². The highest BCUT2D eigenvalue weighted by molar-refractivity contribution is 14.1. The van der Waals surface area contributed by atoms with Crippen LogP contribution in [0.25, 0.3) is 11.1 Å². The van der Waals surface area contributed by atoms with Gasteiger partial charge in [-0.2, -0.15) is 4.98 Å². The summed E-state index contributed by atoms with van der Waals surface area (Å²) in [7, 11) is 2.10. The molecule has 0 amide bonds. The summed E-state index contributed by atoms with van der Waals surface area (Å²) in [6, 6.07) is 1.13. The topological polar surface area (TPSA) is 104 Å². The van der Waals surface area contributed by atoms with Crippen molar-refractivity contribution >= 4 is 62.1 Å². The zero-order chi connectivity index (χ0) is 18.7. The lowest BCUT2D eigenvalue weighted by atomic mass is 10.3. The second-order valence-electron chi connectivity index (χ2n) is 5.84. The van der Waals surface area contributed by atoms with Crippen LogP contribution in [0, 0.1) is 3.57 Å². The second-order valence-corrected chi connectivity index (χ2v) is 7.77. The third kappa shape index (κ3) is 4.54. The van der Waals surface area contributed by atoms with Gasteiger partial charge in [0.15, 0.2) is 5.84 Å². The minimum absolute atomic E-state index is 0.0664. The van der Waals surface area contributed by atoms with Crippen LogP contribution in [-0.4, -0.2) is 63.3 Å². The first kappa shape index (κ1) is 19.5. The monoisotopic (exact) mass is 585 g/mol. The number of aromatic nitrogens is 2. The van der Waals surface area contributed by atoms with Crippen LogP contribution < -0.4 is 16.0 Å². The molecular weight excluding hydrogens is 568 g/mol. The van der Waals surface area contributed by atoms with Crippen molar-refractivity contribution in [2.45, 2.75) is 6.42 Å². The van der Waals surface area contributed by atoms with Gasteiger partial charge >= 0.3 is 11.6 Å². The molecule has 2 aromatic heterocycles. The maximum atomic E-state index is 12.2. The van der Waals surface area contributed by atoms with E-state index in [0.717, 1.165) is 38.4 Å². The lowest BCUT2D eigenvalue weighted by Crippen LogP contribution is -2.35. The van der Waals surface area contributed by atoms with Crippen molar-refractivity contribution in [3.63, 3.8) is 0 Å². The van der Waals surface area contributed by atoms with E-state index in [9.17, 15) is 9.59 Å². The Morgan fingerprint density at radius 1 is 1.38 bits per heavy atom. The first-order chi connectivity index (χ1) is 12.5. The Morgan fingerprint density at radius 2 is 2.19 bits per heavy atom. The predicted molar refractivity (Wildman–Crippen MR) is 114 cm³/mol. The fourth-order valence-electron chi connectivity index (χ4n) is 2.63. The maximum absolute atomic E-state index is 12.2. The number of fused-ring (bicyclic) bond motifs is 1. The van der Waals surface area contributed by atoms with E-state index in [0.29, 0.717) is 8.00 Å². The minimum Gasteiger partial charge on any atom is -0.403 e. The number of halogens is 2. The fraction of sp³-hybridized carbons (Fsp3) is 0.467. The summed E-state index contributed by atoms with van der Waals surface area (Å²) >= 11 is 4.12. The Morgan fingerprint density at radius 3 is 2.96 bits per heavy atom. The fourth-order valence-corrected chi connectivity index (χ4v) is 3.98. The molecule has 1 aliphatic rings. The number of oxime groups is 1. The number of nitrogens with zero attached hydrogens (tertiary/aromatic N) is 4. The van der Waals surface area contributed by atoms with E-state index in [2.05, 4.69) is 54.6 Å². The first-order valence-electron chi connectivity index (χ1n) is 7.95. The largest absolute Gasteiger partial charge is 0.403 e. The lowest BCUT2D eigenvalue weighted by Gasteiger charge is -2.22. The van der Waals surface area contributed by atoms with Crippen LogP contribution in [0.5, 0.6) is 6.01 Å². The number of likely N-dealkylation sites (N-methyl/N-ethyl adjacent to an activating group) is 1. The molecular formula is C15H17I2N5O4. The zero-order valence-electron chi connectivity index (χ0n) is 14.0.